The summed E-state index contributed by atoms with van der Waals surface area (Å²) in [4.78, 5) is 27.9. The fourth-order valence-electron chi connectivity index (χ4n) is 9.11. The van der Waals surface area contributed by atoms with E-state index in [0.29, 0.717) is 50.1 Å². The van der Waals surface area contributed by atoms with Gasteiger partial charge < -0.3 is 25.0 Å². The van der Waals surface area contributed by atoms with Crippen molar-refractivity contribution in [3.63, 3.8) is 0 Å². The molecule has 17 heteroatoms. The highest BCUT2D eigenvalue weighted by Gasteiger charge is 2.50. The van der Waals surface area contributed by atoms with Crippen LogP contribution in [0.5, 0.6) is 6.01 Å². The van der Waals surface area contributed by atoms with Gasteiger partial charge in [-0.25, -0.2) is 13.2 Å². The number of carbonyl (C=O) groups excluding carboxylic acids is 1. The number of benzene rings is 2. The lowest BCUT2D eigenvalue weighted by atomic mass is 9.81. The van der Waals surface area contributed by atoms with Crippen molar-refractivity contribution < 1.29 is 40.6 Å². The van der Waals surface area contributed by atoms with Crippen LogP contribution in [0.15, 0.2) is 18.2 Å². The monoisotopic (exact) mass is 787 g/mol. The molecule has 3 unspecified atom stereocenters. The van der Waals surface area contributed by atoms with Gasteiger partial charge in [0.05, 0.1) is 27.5 Å². The molecule has 2 aromatic carbocycles. The number of rotatable bonds is 9. The predicted molar refractivity (Wildman–Crippen MR) is 194 cm³/mol. The predicted octanol–water partition coefficient (Wildman–Crippen LogP) is 7.07. The van der Waals surface area contributed by atoms with Crippen molar-refractivity contribution in [2.45, 2.75) is 75.5 Å². The van der Waals surface area contributed by atoms with Crippen LogP contribution in [0.2, 0.25) is 0 Å². The minimum atomic E-state index is -5.13. The molecule has 3 aliphatic heterocycles. The number of likely N-dealkylation sites (N-methyl/N-ethyl adjacent to an activating group) is 1. The van der Waals surface area contributed by atoms with E-state index in [1.807, 2.05) is 11.0 Å². The molecule has 3 saturated heterocycles. The lowest BCUT2D eigenvalue weighted by Crippen LogP contribution is -2.45. The van der Waals surface area contributed by atoms with Gasteiger partial charge in [-0.05, 0) is 63.3 Å². The van der Waals surface area contributed by atoms with E-state index in [4.69, 9.17) is 15.2 Å². The zero-order valence-corrected chi connectivity index (χ0v) is 31.0. The number of thiophene rings is 1. The zero-order valence-electron chi connectivity index (χ0n) is 30.2. The first-order valence-electron chi connectivity index (χ1n) is 18.4. The second-order valence-corrected chi connectivity index (χ2v) is 16.0. The summed E-state index contributed by atoms with van der Waals surface area (Å²) in [5, 5.41) is 9.28. The minimum absolute atomic E-state index is 0.0156. The van der Waals surface area contributed by atoms with Gasteiger partial charge in [0.25, 0.3) is 0 Å². The van der Waals surface area contributed by atoms with Crippen LogP contribution in [0.3, 0.4) is 0 Å². The van der Waals surface area contributed by atoms with Crippen LogP contribution >= 0.6 is 11.3 Å². The number of halogens is 6. The molecule has 1 aliphatic carbocycles. The second kappa shape index (κ2) is 14.0. The Kier molecular flexibility index (Phi) is 9.53. The van der Waals surface area contributed by atoms with E-state index in [2.05, 4.69) is 9.97 Å². The summed E-state index contributed by atoms with van der Waals surface area (Å²) in [7, 11) is 1.60. The molecule has 3 atom stereocenters. The first-order valence-corrected chi connectivity index (χ1v) is 19.2. The van der Waals surface area contributed by atoms with Gasteiger partial charge in [0.2, 0.25) is 5.91 Å². The van der Waals surface area contributed by atoms with E-state index in [0.717, 1.165) is 24.6 Å². The molecule has 2 N–H and O–H groups in total. The number of fused-ring (bicyclic) bond motifs is 3. The third-order valence-corrected chi connectivity index (χ3v) is 13.0. The number of alkyl halides is 4. The standard InChI is InChI=1S/C38H39F6N7O3S/c1-3-51(21-7-10-49(17-21)35(52)19-11-22(12-19)53-2)34-24-13-26(38(42,43)44)29(23-5-6-27(40)32-28(23)25(15-45)33(46)55-32)30(41)31(24)47-36(48-34)54-18-37-8-4-9-50(37)16-20(39)14-37/h5-6,13,19-22H,3-4,7-12,14,16-18,46H2,1-2H3. The van der Waals surface area contributed by atoms with Gasteiger partial charge in [-0.2, -0.15) is 28.4 Å². The van der Waals surface area contributed by atoms with E-state index in [1.54, 1.807) is 23.8 Å². The van der Waals surface area contributed by atoms with Gasteiger partial charge in [0.15, 0.2) is 5.82 Å². The molecule has 55 heavy (non-hydrogen) atoms. The molecule has 0 radical (unpaired) electrons. The molecule has 8 rings (SSSR count). The molecular weight excluding hydrogens is 749 g/mol. The number of amides is 1. The van der Waals surface area contributed by atoms with E-state index in [1.165, 1.54) is 0 Å². The average molecular weight is 788 g/mol. The maximum atomic E-state index is 17.3. The Bertz CT molecular complexity index is 2220. The molecular formula is C38H39F6N7O3S. The summed E-state index contributed by atoms with van der Waals surface area (Å²) in [5.74, 6) is -2.40. The number of nitrogens with zero attached hydrogens (tertiary/aromatic N) is 6. The molecule has 4 fully saturated rings. The Hall–Kier alpha value is -4.40. The first kappa shape index (κ1) is 37.5. The Morgan fingerprint density at radius 1 is 1.20 bits per heavy atom. The number of hydrogen-bond donors (Lipinski definition) is 1. The number of nitrogen functional groups attached to an aromatic ring is 1. The highest BCUT2D eigenvalue weighted by molar-refractivity contribution is 7.23. The van der Waals surface area contributed by atoms with Crippen molar-refractivity contribution in [1.82, 2.24) is 19.8 Å². The molecule has 1 amide bonds. The number of hydrogen-bond acceptors (Lipinski definition) is 10. The SMILES string of the molecule is CCN(c1nc(OCC23CCCN2CC(F)C3)nc2c(F)c(-c3ccc(F)c4sc(N)c(C#N)c34)c(C(F)(F)F)cc12)C1CCN(C(=O)C2CC(OC)C2)C1. The second-order valence-electron chi connectivity index (χ2n) is 15.0. The van der Waals surface area contributed by atoms with Gasteiger partial charge in [-0.1, -0.05) is 6.07 Å². The van der Waals surface area contributed by atoms with Crippen molar-refractivity contribution >= 4 is 49.1 Å². The van der Waals surface area contributed by atoms with Crippen molar-refractivity contribution in [3.05, 3.63) is 41.0 Å². The number of ether oxygens (including phenoxy) is 2. The zero-order chi connectivity index (χ0) is 39.0. The van der Waals surface area contributed by atoms with Gasteiger partial charge in [-0.15, -0.1) is 11.3 Å². The van der Waals surface area contributed by atoms with E-state index in [9.17, 15) is 14.4 Å². The largest absolute Gasteiger partial charge is 0.461 e. The van der Waals surface area contributed by atoms with Crippen LogP contribution in [0, 0.1) is 28.9 Å². The Morgan fingerprint density at radius 2 is 1.98 bits per heavy atom. The summed E-state index contributed by atoms with van der Waals surface area (Å²) in [6.45, 7) is 3.63. The third-order valence-electron chi connectivity index (χ3n) is 11.9. The van der Waals surface area contributed by atoms with Crippen LogP contribution in [0.4, 0.5) is 37.2 Å². The van der Waals surface area contributed by atoms with Crippen LogP contribution in [0.1, 0.15) is 56.6 Å². The molecule has 4 aliphatic rings. The van der Waals surface area contributed by atoms with Crippen LogP contribution < -0.4 is 15.4 Å². The Morgan fingerprint density at radius 3 is 2.69 bits per heavy atom. The summed E-state index contributed by atoms with van der Waals surface area (Å²) in [6.07, 6.45) is -2.73. The fourth-order valence-corrected chi connectivity index (χ4v) is 10.1. The highest BCUT2D eigenvalue weighted by Crippen LogP contribution is 2.49. The maximum absolute atomic E-state index is 17.3. The number of nitriles is 1. The lowest BCUT2D eigenvalue weighted by Gasteiger charge is -2.36. The van der Waals surface area contributed by atoms with E-state index in [-0.39, 0.29) is 100 Å². The number of carbonyl (C=O) groups is 1. The molecule has 2 aromatic heterocycles. The topological polar surface area (TPSA) is 121 Å². The first-order chi connectivity index (χ1) is 26.3. The molecule has 0 spiro atoms. The number of likely N-dealkylation sites (tertiary alicyclic amines) is 1. The normalized spacial score (nSPS) is 25.4. The number of anilines is 2. The van der Waals surface area contributed by atoms with Crippen LogP contribution in [-0.4, -0.2) is 96.0 Å². The summed E-state index contributed by atoms with van der Waals surface area (Å²) in [6, 6.07) is 3.85. The molecule has 0 bridgehead atoms. The van der Waals surface area contributed by atoms with Crippen molar-refractivity contribution in [2.24, 2.45) is 5.92 Å². The van der Waals surface area contributed by atoms with Gasteiger partial charge >= 0.3 is 12.2 Å². The summed E-state index contributed by atoms with van der Waals surface area (Å²) >= 11 is 0.683. The number of methoxy groups -OCH3 is 1. The van der Waals surface area contributed by atoms with Gasteiger partial charge in [-0.3, -0.25) is 9.69 Å². The lowest BCUT2D eigenvalue weighted by molar-refractivity contribution is -0.142. The molecule has 5 heterocycles. The quantitative estimate of drug-likeness (QED) is 0.178. The maximum Gasteiger partial charge on any atom is 0.417 e. The smallest absolute Gasteiger partial charge is 0.417 e. The summed E-state index contributed by atoms with van der Waals surface area (Å²) < 4.78 is 104. The van der Waals surface area contributed by atoms with Crippen LogP contribution in [0.25, 0.3) is 32.1 Å². The highest BCUT2D eigenvalue weighted by atomic mass is 32.1. The third kappa shape index (κ3) is 6.30. The Labute approximate surface area is 316 Å². The molecule has 4 aromatic rings. The number of nitrogens with two attached hydrogens (primary N) is 1. The van der Waals surface area contributed by atoms with Crippen molar-refractivity contribution in [3.8, 4) is 23.2 Å². The fraction of sp³-hybridized carbons (Fsp3) is 0.526. The van der Waals surface area contributed by atoms with Crippen molar-refractivity contribution in [1.29, 1.82) is 5.26 Å². The van der Waals surface area contributed by atoms with Gasteiger partial charge in [0, 0.05) is 68.0 Å². The molecule has 10 nitrogen and oxygen atoms in total. The molecule has 1 saturated carbocycles. The Balaban J connectivity index is 1.28. The number of aromatic nitrogens is 2. The summed E-state index contributed by atoms with van der Waals surface area (Å²) in [5.41, 5.74) is 1.93. The van der Waals surface area contributed by atoms with E-state index < -0.39 is 46.2 Å². The minimum Gasteiger partial charge on any atom is -0.461 e. The van der Waals surface area contributed by atoms with Crippen LogP contribution in [-0.2, 0) is 15.7 Å². The molecule has 292 valence electrons. The van der Waals surface area contributed by atoms with E-state index >= 15 is 22.0 Å². The van der Waals surface area contributed by atoms with Gasteiger partial charge in [0.1, 0.15) is 41.0 Å². The average Bonchev–Trinajstić information content (AvgIpc) is 3.90. The van der Waals surface area contributed by atoms with Crippen molar-refractivity contribution in [2.75, 3.05) is 57.1 Å².